The van der Waals surface area contributed by atoms with Crippen LogP contribution in [0, 0.1) is 0 Å². The molecule has 104 valence electrons. The maximum absolute atomic E-state index is 11.9. The van der Waals surface area contributed by atoms with Gasteiger partial charge in [0.25, 0.3) is 0 Å². The van der Waals surface area contributed by atoms with Crippen molar-refractivity contribution < 1.29 is 9.53 Å². The Morgan fingerprint density at radius 2 is 2.10 bits per heavy atom. The molecule has 1 heterocycles. The van der Waals surface area contributed by atoms with Gasteiger partial charge in [-0.05, 0) is 31.2 Å². The average molecular weight is 271 g/mol. The van der Waals surface area contributed by atoms with E-state index in [1.165, 1.54) is 0 Å². The number of pyridine rings is 1. The monoisotopic (exact) mass is 271 g/mol. The van der Waals surface area contributed by atoms with Gasteiger partial charge in [0.2, 0.25) is 0 Å². The number of hydrogen-bond donors (Lipinski definition) is 2. The van der Waals surface area contributed by atoms with Crippen molar-refractivity contribution in [2.45, 2.75) is 13.0 Å². The van der Waals surface area contributed by atoms with Gasteiger partial charge in [-0.2, -0.15) is 0 Å². The van der Waals surface area contributed by atoms with Crippen LogP contribution in [0.4, 0.5) is 10.5 Å². The van der Waals surface area contributed by atoms with E-state index in [4.69, 9.17) is 4.74 Å². The number of aromatic nitrogens is 1. The Balaban J connectivity index is 1.95. The molecular formula is C15H17N3O2. The first-order valence-electron chi connectivity index (χ1n) is 6.31. The lowest BCUT2D eigenvalue weighted by Crippen LogP contribution is -2.31. The quantitative estimate of drug-likeness (QED) is 0.898. The molecule has 0 saturated carbocycles. The number of nitrogens with zero attached hydrogens (tertiary/aromatic N) is 1. The van der Waals surface area contributed by atoms with E-state index in [0.29, 0.717) is 11.4 Å². The van der Waals surface area contributed by atoms with Crippen LogP contribution in [0.3, 0.4) is 0 Å². The first-order valence-corrected chi connectivity index (χ1v) is 6.31. The second kappa shape index (κ2) is 6.56. The fourth-order valence-corrected chi connectivity index (χ4v) is 1.77. The Morgan fingerprint density at radius 1 is 1.25 bits per heavy atom. The summed E-state index contributed by atoms with van der Waals surface area (Å²) >= 11 is 0. The standard InChI is InChI=1S/C15H17N3O2/c1-11(14-8-3-4-9-16-14)17-15(19)18-12-6-5-7-13(10-12)20-2/h3-11H,1-2H3,(H2,17,18,19)/t11-/m1/s1. The van der Waals surface area contributed by atoms with Crippen LogP contribution < -0.4 is 15.4 Å². The Kier molecular flexibility index (Phi) is 4.55. The number of nitrogens with one attached hydrogen (secondary N) is 2. The van der Waals surface area contributed by atoms with Crippen molar-refractivity contribution in [2.24, 2.45) is 0 Å². The molecular weight excluding hydrogens is 254 g/mol. The number of urea groups is 1. The highest BCUT2D eigenvalue weighted by atomic mass is 16.5. The van der Waals surface area contributed by atoms with Crippen LogP contribution in [-0.2, 0) is 0 Å². The average Bonchev–Trinajstić information content (AvgIpc) is 2.48. The largest absolute Gasteiger partial charge is 0.497 e. The van der Waals surface area contributed by atoms with Crippen molar-refractivity contribution in [3.05, 3.63) is 54.4 Å². The lowest BCUT2D eigenvalue weighted by molar-refractivity contribution is 0.249. The number of rotatable bonds is 4. The maximum atomic E-state index is 11.9. The number of anilines is 1. The highest BCUT2D eigenvalue weighted by molar-refractivity contribution is 5.89. The number of hydrogen-bond acceptors (Lipinski definition) is 3. The van der Waals surface area contributed by atoms with Crippen LogP contribution in [0.1, 0.15) is 18.7 Å². The summed E-state index contributed by atoms with van der Waals surface area (Å²) in [4.78, 5) is 16.1. The zero-order valence-electron chi connectivity index (χ0n) is 11.5. The molecule has 2 N–H and O–H groups in total. The molecule has 0 aliphatic heterocycles. The molecule has 0 aliphatic carbocycles. The van der Waals surface area contributed by atoms with E-state index in [2.05, 4.69) is 15.6 Å². The predicted octanol–water partition coefficient (Wildman–Crippen LogP) is 2.97. The number of ether oxygens (including phenoxy) is 1. The smallest absolute Gasteiger partial charge is 0.319 e. The molecule has 0 unspecified atom stereocenters. The fourth-order valence-electron chi connectivity index (χ4n) is 1.77. The van der Waals surface area contributed by atoms with Gasteiger partial charge in [0.15, 0.2) is 0 Å². The zero-order chi connectivity index (χ0) is 14.4. The van der Waals surface area contributed by atoms with Gasteiger partial charge in [-0.15, -0.1) is 0 Å². The van der Waals surface area contributed by atoms with Gasteiger partial charge >= 0.3 is 6.03 Å². The third-order valence-electron chi connectivity index (χ3n) is 2.81. The van der Waals surface area contributed by atoms with Crippen LogP contribution in [-0.4, -0.2) is 18.1 Å². The minimum atomic E-state index is -0.281. The van der Waals surface area contributed by atoms with Gasteiger partial charge in [-0.1, -0.05) is 12.1 Å². The summed E-state index contributed by atoms with van der Waals surface area (Å²) in [6.07, 6.45) is 1.70. The zero-order valence-corrected chi connectivity index (χ0v) is 11.5. The third kappa shape index (κ3) is 3.71. The summed E-state index contributed by atoms with van der Waals surface area (Å²) in [6, 6.07) is 12.3. The molecule has 0 spiro atoms. The Hall–Kier alpha value is -2.56. The van der Waals surface area contributed by atoms with E-state index in [9.17, 15) is 4.79 Å². The summed E-state index contributed by atoms with van der Waals surface area (Å²) in [6.45, 7) is 1.88. The van der Waals surface area contributed by atoms with E-state index in [-0.39, 0.29) is 12.1 Å². The van der Waals surface area contributed by atoms with E-state index in [1.54, 1.807) is 25.4 Å². The molecule has 1 aromatic carbocycles. The molecule has 2 aromatic rings. The third-order valence-corrected chi connectivity index (χ3v) is 2.81. The Bertz CT molecular complexity index is 572. The van der Waals surface area contributed by atoms with E-state index >= 15 is 0 Å². The first-order chi connectivity index (χ1) is 9.69. The summed E-state index contributed by atoms with van der Waals surface area (Å²) in [5.74, 6) is 0.695. The van der Waals surface area contributed by atoms with E-state index in [1.807, 2.05) is 37.3 Å². The molecule has 1 atom stereocenters. The predicted molar refractivity (Wildman–Crippen MR) is 77.8 cm³/mol. The van der Waals surface area contributed by atoms with Crippen LogP contribution >= 0.6 is 0 Å². The summed E-state index contributed by atoms with van der Waals surface area (Å²) in [5, 5.41) is 5.59. The van der Waals surface area contributed by atoms with E-state index < -0.39 is 0 Å². The normalized spacial score (nSPS) is 11.5. The van der Waals surface area contributed by atoms with Crippen molar-refractivity contribution in [2.75, 3.05) is 12.4 Å². The second-order valence-corrected chi connectivity index (χ2v) is 4.31. The molecule has 20 heavy (non-hydrogen) atoms. The minimum Gasteiger partial charge on any atom is -0.497 e. The molecule has 0 bridgehead atoms. The van der Waals surface area contributed by atoms with Crippen LogP contribution in [0.25, 0.3) is 0 Å². The molecule has 5 heteroatoms. The van der Waals surface area contributed by atoms with Gasteiger partial charge in [-0.25, -0.2) is 4.79 Å². The highest BCUT2D eigenvalue weighted by Crippen LogP contribution is 2.17. The number of carbonyl (C=O) groups is 1. The number of amides is 2. The van der Waals surface area contributed by atoms with Crippen molar-refractivity contribution in [1.29, 1.82) is 0 Å². The molecule has 0 saturated heterocycles. The SMILES string of the molecule is COc1cccc(NC(=O)N[C@H](C)c2ccccn2)c1. The highest BCUT2D eigenvalue weighted by Gasteiger charge is 2.10. The molecule has 5 nitrogen and oxygen atoms in total. The van der Waals surface area contributed by atoms with Crippen LogP contribution in [0.15, 0.2) is 48.7 Å². The van der Waals surface area contributed by atoms with Gasteiger partial charge < -0.3 is 15.4 Å². The van der Waals surface area contributed by atoms with Gasteiger partial charge in [0.05, 0.1) is 18.8 Å². The molecule has 2 amide bonds. The first kappa shape index (κ1) is 13.9. The van der Waals surface area contributed by atoms with Crippen molar-refractivity contribution in [1.82, 2.24) is 10.3 Å². The van der Waals surface area contributed by atoms with Crippen molar-refractivity contribution in [3.8, 4) is 5.75 Å². The maximum Gasteiger partial charge on any atom is 0.319 e. The summed E-state index contributed by atoms with van der Waals surface area (Å²) in [5.41, 5.74) is 1.49. The topological polar surface area (TPSA) is 63.2 Å². The summed E-state index contributed by atoms with van der Waals surface area (Å²) in [7, 11) is 1.59. The molecule has 1 aromatic heterocycles. The number of benzene rings is 1. The Morgan fingerprint density at radius 3 is 2.80 bits per heavy atom. The van der Waals surface area contributed by atoms with Crippen LogP contribution in [0.5, 0.6) is 5.75 Å². The number of methoxy groups -OCH3 is 1. The van der Waals surface area contributed by atoms with Gasteiger partial charge in [0, 0.05) is 18.0 Å². The minimum absolute atomic E-state index is 0.165. The number of carbonyl (C=O) groups excluding carboxylic acids is 1. The van der Waals surface area contributed by atoms with Crippen molar-refractivity contribution in [3.63, 3.8) is 0 Å². The molecule has 0 aliphatic rings. The Labute approximate surface area is 118 Å². The second-order valence-electron chi connectivity index (χ2n) is 4.31. The van der Waals surface area contributed by atoms with Crippen LogP contribution in [0.2, 0.25) is 0 Å². The fraction of sp³-hybridized carbons (Fsp3) is 0.200. The molecule has 0 radical (unpaired) electrons. The van der Waals surface area contributed by atoms with Gasteiger partial charge in [-0.3, -0.25) is 4.98 Å². The summed E-state index contributed by atoms with van der Waals surface area (Å²) < 4.78 is 5.11. The molecule has 2 rings (SSSR count). The van der Waals surface area contributed by atoms with Gasteiger partial charge in [0.1, 0.15) is 5.75 Å². The lowest BCUT2D eigenvalue weighted by atomic mass is 10.2. The molecule has 0 fully saturated rings. The lowest BCUT2D eigenvalue weighted by Gasteiger charge is -2.14. The van der Waals surface area contributed by atoms with E-state index in [0.717, 1.165) is 5.69 Å². The van der Waals surface area contributed by atoms with Crippen molar-refractivity contribution >= 4 is 11.7 Å².